The Balaban J connectivity index is 2.25. The normalized spacial score (nSPS) is 11.8. The molecule has 0 spiro atoms. The van der Waals surface area contributed by atoms with E-state index in [0.29, 0.717) is 5.75 Å². The van der Waals surface area contributed by atoms with Crippen LogP contribution in [-0.4, -0.2) is 31.9 Å². The molecule has 0 amide bonds. The maximum atomic E-state index is 12.3. The first-order valence-corrected chi connectivity index (χ1v) is 8.28. The Labute approximate surface area is 126 Å². The van der Waals surface area contributed by atoms with Crippen LogP contribution in [0.25, 0.3) is 0 Å². The lowest BCUT2D eigenvalue weighted by atomic mass is 10.2. The predicted octanol–water partition coefficient (Wildman–Crippen LogP) is 2.63. The standard InChI is InChI=1S/C12H13ClN2O3S2/c1-15(8-9-5-3-4-6-10(9)18-2)20(16,17)11-7-14-12(13)19-11/h3-7H,8H2,1-2H3. The minimum absolute atomic E-state index is 0.125. The fourth-order valence-corrected chi connectivity index (χ4v) is 4.32. The highest BCUT2D eigenvalue weighted by molar-refractivity contribution is 7.91. The van der Waals surface area contributed by atoms with Crippen molar-refractivity contribution in [1.82, 2.24) is 9.29 Å². The fraction of sp³-hybridized carbons (Fsp3) is 0.250. The second-order valence-corrected chi connectivity index (χ2v) is 7.89. The Morgan fingerprint density at radius 3 is 2.70 bits per heavy atom. The lowest BCUT2D eigenvalue weighted by molar-refractivity contribution is 0.398. The van der Waals surface area contributed by atoms with Gasteiger partial charge in [-0.3, -0.25) is 0 Å². The lowest BCUT2D eigenvalue weighted by Gasteiger charge is -2.17. The zero-order chi connectivity index (χ0) is 14.8. The Morgan fingerprint density at radius 2 is 2.10 bits per heavy atom. The topological polar surface area (TPSA) is 59.5 Å². The van der Waals surface area contributed by atoms with Crippen LogP contribution in [0.3, 0.4) is 0 Å². The fourth-order valence-electron chi connectivity index (χ4n) is 1.67. The summed E-state index contributed by atoms with van der Waals surface area (Å²) in [5.74, 6) is 0.650. The minimum atomic E-state index is -3.59. The van der Waals surface area contributed by atoms with E-state index >= 15 is 0 Å². The average molecular weight is 333 g/mol. The number of nitrogens with zero attached hydrogens (tertiary/aromatic N) is 2. The van der Waals surface area contributed by atoms with Gasteiger partial charge in [0.1, 0.15) is 5.75 Å². The molecule has 2 rings (SSSR count). The Morgan fingerprint density at radius 1 is 1.40 bits per heavy atom. The van der Waals surface area contributed by atoms with Crippen molar-refractivity contribution in [3.63, 3.8) is 0 Å². The third-order valence-electron chi connectivity index (χ3n) is 2.71. The number of benzene rings is 1. The molecular formula is C12H13ClN2O3S2. The number of aromatic nitrogens is 1. The van der Waals surface area contributed by atoms with Crippen molar-refractivity contribution in [3.05, 3.63) is 40.5 Å². The molecule has 0 bridgehead atoms. The van der Waals surface area contributed by atoms with Crippen LogP contribution in [0, 0.1) is 0 Å². The molecule has 5 nitrogen and oxygen atoms in total. The second-order valence-electron chi connectivity index (χ2n) is 4.01. The molecule has 0 N–H and O–H groups in total. The Hall–Kier alpha value is -1.15. The molecule has 20 heavy (non-hydrogen) atoms. The van der Waals surface area contributed by atoms with E-state index in [1.807, 2.05) is 18.2 Å². The SMILES string of the molecule is COc1ccccc1CN(C)S(=O)(=O)c1cnc(Cl)s1. The van der Waals surface area contributed by atoms with Gasteiger partial charge in [-0.05, 0) is 6.07 Å². The first-order chi connectivity index (χ1) is 9.45. The predicted molar refractivity (Wildman–Crippen MR) is 78.8 cm³/mol. The monoisotopic (exact) mass is 332 g/mol. The summed E-state index contributed by atoms with van der Waals surface area (Å²) in [7, 11) is -0.531. The molecule has 108 valence electrons. The minimum Gasteiger partial charge on any atom is -0.496 e. The van der Waals surface area contributed by atoms with Crippen molar-refractivity contribution < 1.29 is 13.2 Å². The van der Waals surface area contributed by atoms with E-state index in [1.165, 1.54) is 17.5 Å². The summed E-state index contributed by atoms with van der Waals surface area (Å²) in [6, 6.07) is 7.28. The van der Waals surface area contributed by atoms with Gasteiger partial charge in [0, 0.05) is 19.2 Å². The second kappa shape index (κ2) is 6.09. The quantitative estimate of drug-likeness (QED) is 0.844. The number of rotatable bonds is 5. The Bertz CT molecular complexity index is 700. The largest absolute Gasteiger partial charge is 0.496 e. The van der Waals surface area contributed by atoms with Gasteiger partial charge < -0.3 is 4.74 Å². The van der Waals surface area contributed by atoms with E-state index in [1.54, 1.807) is 13.2 Å². The van der Waals surface area contributed by atoms with Gasteiger partial charge in [0.25, 0.3) is 10.0 Å². The molecule has 0 aliphatic rings. The molecule has 0 radical (unpaired) electrons. The van der Waals surface area contributed by atoms with Crippen LogP contribution in [0.15, 0.2) is 34.7 Å². The van der Waals surface area contributed by atoms with Crippen molar-refractivity contribution in [1.29, 1.82) is 0 Å². The van der Waals surface area contributed by atoms with Gasteiger partial charge in [0.2, 0.25) is 0 Å². The van der Waals surface area contributed by atoms with Crippen molar-refractivity contribution in [3.8, 4) is 5.75 Å². The molecule has 0 aliphatic carbocycles. The zero-order valence-corrected chi connectivity index (χ0v) is 13.3. The van der Waals surface area contributed by atoms with E-state index in [4.69, 9.17) is 16.3 Å². The summed E-state index contributed by atoms with van der Waals surface area (Å²) < 4.78 is 31.5. The third kappa shape index (κ3) is 3.12. The van der Waals surface area contributed by atoms with Crippen LogP contribution in [-0.2, 0) is 16.6 Å². The lowest BCUT2D eigenvalue weighted by Crippen LogP contribution is -2.26. The number of para-hydroxylation sites is 1. The summed E-state index contributed by atoms with van der Waals surface area (Å²) in [5, 5.41) is 0. The van der Waals surface area contributed by atoms with E-state index in [-0.39, 0.29) is 15.2 Å². The smallest absolute Gasteiger partial charge is 0.254 e. The number of hydrogen-bond donors (Lipinski definition) is 0. The van der Waals surface area contributed by atoms with Crippen LogP contribution in [0.1, 0.15) is 5.56 Å². The number of methoxy groups -OCH3 is 1. The summed E-state index contributed by atoms with van der Waals surface area (Å²) in [6.45, 7) is 0.210. The summed E-state index contributed by atoms with van der Waals surface area (Å²) >= 11 is 6.62. The molecule has 8 heteroatoms. The van der Waals surface area contributed by atoms with Crippen LogP contribution in [0.2, 0.25) is 4.47 Å². The number of thiazole rings is 1. The zero-order valence-electron chi connectivity index (χ0n) is 10.9. The molecule has 0 atom stereocenters. The number of ether oxygens (including phenoxy) is 1. The van der Waals surface area contributed by atoms with E-state index < -0.39 is 10.0 Å². The van der Waals surface area contributed by atoms with Crippen LogP contribution >= 0.6 is 22.9 Å². The average Bonchev–Trinajstić information content (AvgIpc) is 2.86. The first kappa shape index (κ1) is 15.2. The number of sulfonamides is 1. The maximum absolute atomic E-state index is 12.3. The van der Waals surface area contributed by atoms with Gasteiger partial charge in [0.05, 0.1) is 13.3 Å². The summed E-state index contributed by atoms with van der Waals surface area (Å²) in [4.78, 5) is 3.76. The molecule has 1 heterocycles. The van der Waals surface area contributed by atoms with Gasteiger partial charge in [-0.15, -0.1) is 0 Å². The molecule has 0 saturated heterocycles. The van der Waals surface area contributed by atoms with Crippen LogP contribution in [0.5, 0.6) is 5.75 Å². The van der Waals surface area contributed by atoms with E-state index in [9.17, 15) is 8.42 Å². The summed E-state index contributed by atoms with van der Waals surface area (Å²) in [6.07, 6.45) is 1.26. The molecule has 0 unspecified atom stereocenters. The number of hydrogen-bond acceptors (Lipinski definition) is 5. The van der Waals surface area contributed by atoms with Crippen LogP contribution < -0.4 is 4.74 Å². The molecule has 1 aromatic carbocycles. The molecule has 2 aromatic rings. The Kier molecular flexibility index (Phi) is 4.64. The van der Waals surface area contributed by atoms with Crippen LogP contribution in [0.4, 0.5) is 0 Å². The highest BCUT2D eigenvalue weighted by Crippen LogP contribution is 2.27. The highest BCUT2D eigenvalue weighted by atomic mass is 35.5. The van der Waals surface area contributed by atoms with Crippen molar-refractivity contribution in [2.45, 2.75) is 10.8 Å². The van der Waals surface area contributed by atoms with Gasteiger partial charge in [-0.25, -0.2) is 13.4 Å². The molecular weight excluding hydrogens is 320 g/mol. The number of halogens is 1. The first-order valence-electron chi connectivity index (χ1n) is 5.64. The van der Waals surface area contributed by atoms with Crippen molar-refractivity contribution in [2.24, 2.45) is 0 Å². The molecule has 0 fully saturated rings. The van der Waals surface area contributed by atoms with E-state index in [2.05, 4.69) is 4.98 Å². The highest BCUT2D eigenvalue weighted by Gasteiger charge is 2.24. The van der Waals surface area contributed by atoms with Crippen molar-refractivity contribution >= 4 is 33.0 Å². The molecule has 0 aliphatic heterocycles. The third-order valence-corrected chi connectivity index (χ3v) is 6.06. The van der Waals surface area contributed by atoms with Gasteiger partial charge in [-0.2, -0.15) is 4.31 Å². The maximum Gasteiger partial charge on any atom is 0.254 e. The van der Waals surface area contributed by atoms with Gasteiger partial charge in [0.15, 0.2) is 8.68 Å². The molecule has 0 saturated carbocycles. The van der Waals surface area contributed by atoms with Crippen molar-refractivity contribution in [2.75, 3.05) is 14.2 Å². The van der Waals surface area contributed by atoms with Gasteiger partial charge in [-0.1, -0.05) is 41.1 Å². The molecule has 1 aromatic heterocycles. The van der Waals surface area contributed by atoms with Gasteiger partial charge >= 0.3 is 0 Å². The summed E-state index contributed by atoms with van der Waals surface area (Å²) in [5.41, 5.74) is 0.789. The van der Waals surface area contributed by atoms with E-state index in [0.717, 1.165) is 16.9 Å².